The number of rotatable bonds is 9. The first kappa shape index (κ1) is 19.0. The predicted octanol–water partition coefficient (Wildman–Crippen LogP) is 3.59. The van der Waals surface area contributed by atoms with E-state index >= 15 is 0 Å². The number of fused-ring (bicyclic) bond motifs is 2. The number of carboxylic acids is 2. The van der Waals surface area contributed by atoms with Crippen LogP contribution in [0.2, 0.25) is 0 Å². The van der Waals surface area contributed by atoms with Gasteiger partial charge >= 0.3 is 11.9 Å². The van der Waals surface area contributed by atoms with Crippen molar-refractivity contribution >= 4 is 11.9 Å². The van der Waals surface area contributed by atoms with Crippen LogP contribution in [0.15, 0.2) is 12.2 Å². The van der Waals surface area contributed by atoms with Gasteiger partial charge in [0.1, 0.15) is 0 Å². The summed E-state index contributed by atoms with van der Waals surface area (Å²) in [7, 11) is 1.64. The van der Waals surface area contributed by atoms with Crippen molar-refractivity contribution in [3.8, 4) is 0 Å². The summed E-state index contributed by atoms with van der Waals surface area (Å²) in [6.45, 7) is 4.25. The highest BCUT2D eigenvalue weighted by molar-refractivity contribution is 5.82. The number of hydrogen-bond donors (Lipinski definition) is 2. The number of aliphatic carboxylic acids is 2. The molecule has 0 radical (unpaired) electrons. The molecule has 5 heteroatoms. The Morgan fingerprint density at radius 1 is 1.00 bits per heavy atom. The molecule has 2 N–H and O–H groups in total. The number of allylic oxidation sites excluding steroid dienone is 1. The summed E-state index contributed by atoms with van der Waals surface area (Å²) < 4.78 is 5.84. The van der Waals surface area contributed by atoms with Crippen molar-refractivity contribution in [2.24, 2.45) is 29.1 Å². The molecule has 5 unspecified atom stereocenters. The standard InChI is InChI=1S/C19H30O5/c1-4-6-10-19(11-7-5-2)13-9-8-12(16(19)24-3)14(17(20)21)15(13)18(22)23/h8-9,12-16H,4-7,10-11H2,1-3H3,(H,20,21)(H,22,23). The highest BCUT2D eigenvalue weighted by Crippen LogP contribution is 2.59. The largest absolute Gasteiger partial charge is 0.481 e. The monoisotopic (exact) mass is 338 g/mol. The molecule has 1 fully saturated rings. The number of ether oxygens (including phenoxy) is 1. The van der Waals surface area contributed by atoms with Gasteiger partial charge in [0, 0.05) is 18.4 Å². The maximum absolute atomic E-state index is 12.0. The molecule has 3 rings (SSSR count). The summed E-state index contributed by atoms with van der Waals surface area (Å²) in [5.74, 6) is -4.43. The van der Waals surface area contributed by atoms with Gasteiger partial charge in [0.2, 0.25) is 0 Å². The molecule has 5 atom stereocenters. The van der Waals surface area contributed by atoms with Gasteiger partial charge in [-0.2, -0.15) is 0 Å². The van der Waals surface area contributed by atoms with E-state index in [0.717, 1.165) is 38.5 Å². The van der Waals surface area contributed by atoms with Gasteiger partial charge < -0.3 is 14.9 Å². The first-order valence-electron chi connectivity index (χ1n) is 9.11. The Labute approximate surface area is 144 Å². The highest BCUT2D eigenvalue weighted by atomic mass is 16.5. The lowest BCUT2D eigenvalue weighted by molar-refractivity contribution is -0.188. The lowest BCUT2D eigenvalue weighted by atomic mass is 9.47. The Morgan fingerprint density at radius 3 is 1.96 bits per heavy atom. The minimum Gasteiger partial charge on any atom is -0.481 e. The Morgan fingerprint density at radius 2 is 1.54 bits per heavy atom. The summed E-state index contributed by atoms with van der Waals surface area (Å²) >= 11 is 0. The van der Waals surface area contributed by atoms with Crippen molar-refractivity contribution in [1.82, 2.24) is 0 Å². The predicted molar refractivity (Wildman–Crippen MR) is 90.7 cm³/mol. The van der Waals surface area contributed by atoms with E-state index in [0.29, 0.717) is 0 Å². The molecule has 2 bridgehead atoms. The van der Waals surface area contributed by atoms with Crippen LogP contribution >= 0.6 is 0 Å². The molecular formula is C19H30O5. The van der Waals surface area contributed by atoms with Crippen LogP contribution in [0.4, 0.5) is 0 Å². The summed E-state index contributed by atoms with van der Waals surface area (Å²) in [6, 6.07) is 0. The molecule has 24 heavy (non-hydrogen) atoms. The average Bonchev–Trinajstić information content (AvgIpc) is 2.57. The zero-order chi connectivity index (χ0) is 17.9. The Kier molecular flexibility index (Phi) is 6.07. The van der Waals surface area contributed by atoms with E-state index in [1.165, 1.54) is 0 Å². The van der Waals surface area contributed by atoms with Crippen molar-refractivity contribution in [3.63, 3.8) is 0 Å². The van der Waals surface area contributed by atoms with Gasteiger partial charge in [-0.05, 0) is 18.8 Å². The molecule has 136 valence electrons. The van der Waals surface area contributed by atoms with E-state index < -0.39 is 23.8 Å². The molecular weight excluding hydrogens is 308 g/mol. The van der Waals surface area contributed by atoms with Gasteiger partial charge in [-0.25, -0.2) is 0 Å². The van der Waals surface area contributed by atoms with Crippen LogP contribution in [0.3, 0.4) is 0 Å². The summed E-state index contributed by atoms with van der Waals surface area (Å²) in [6.07, 6.45) is 9.51. The third-order valence-corrected chi connectivity index (χ3v) is 6.13. The van der Waals surface area contributed by atoms with Gasteiger partial charge in [0.25, 0.3) is 0 Å². The zero-order valence-electron chi connectivity index (χ0n) is 14.9. The van der Waals surface area contributed by atoms with Crippen LogP contribution in [0, 0.1) is 29.1 Å². The van der Waals surface area contributed by atoms with Crippen LogP contribution in [0.5, 0.6) is 0 Å². The van der Waals surface area contributed by atoms with Crippen LogP contribution in [-0.4, -0.2) is 35.4 Å². The fraction of sp³-hybridized carbons (Fsp3) is 0.789. The second-order valence-electron chi connectivity index (χ2n) is 7.31. The molecule has 0 heterocycles. The molecule has 3 aliphatic rings. The quantitative estimate of drug-likeness (QED) is 0.628. The number of methoxy groups -OCH3 is 1. The lowest BCUT2D eigenvalue weighted by Gasteiger charge is -2.58. The number of carboxylic acid groups (broad SMARTS) is 2. The van der Waals surface area contributed by atoms with E-state index in [4.69, 9.17) is 4.74 Å². The van der Waals surface area contributed by atoms with Gasteiger partial charge in [0.15, 0.2) is 0 Å². The summed E-state index contributed by atoms with van der Waals surface area (Å²) in [5.41, 5.74) is -0.269. The third kappa shape index (κ3) is 2.99. The molecule has 0 spiro atoms. The summed E-state index contributed by atoms with van der Waals surface area (Å²) in [5, 5.41) is 19.4. The van der Waals surface area contributed by atoms with Crippen LogP contribution in [0.1, 0.15) is 52.4 Å². The first-order chi connectivity index (χ1) is 11.4. The van der Waals surface area contributed by atoms with E-state index in [1.54, 1.807) is 7.11 Å². The normalized spacial score (nSPS) is 33.5. The Balaban J connectivity index is 2.51. The second-order valence-corrected chi connectivity index (χ2v) is 7.31. The average molecular weight is 338 g/mol. The number of unbranched alkanes of at least 4 members (excludes halogenated alkanes) is 2. The van der Waals surface area contributed by atoms with E-state index in [-0.39, 0.29) is 23.4 Å². The maximum Gasteiger partial charge on any atom is 0.308 e. The van der Waals surface area contributed by atoms with Crippen LogP contribution in [0.25, 0.3) is 0 Å². The molecule has 1 saturated carbocycles. The molecule has 0 aromatic rings. The molecule has 0 aromatic heterocycles. The minimum absolute atomic E-state index is 0.220. The third-order valence-electron chi connectivity index (χ3n) is 6.13. The molecule has 0 aromatic carbocycles. The zero-order valence-corrected chi connectivity index (χ0v) is 14.9. The molecule has 5 nitrogen and oxygen atoms in total. The minimum atomic E-state index is -1.02. The highest BCUT2D eigenvalue weighted by Gasteiger charge is 2.63. The number of hydrogen-bond acceptors (Lipinski definition) is 3. The van der Waals surface area contributed by atoms with Crippen LogP contribution < -0.4 is 0 Å². The fourth-order valence-electron chi connectivity index (χ4n) is 5.13. The van der Waals surface area contributed by atoms with Gasteiger partial charge in [0.05, 0.1) is 17.9 Å². The van der Waals surface area contributed by atoms with E-state index in [2.05, 4.69) is 13.8 Å². The summed E-state index contributed by atoms with van der Waals surface area (Å²) in [4.78, 5) is 23.8. The van der Waals surface area contributed by atoms with Gasteiger partial charge in [-0.1, -0.05) is 51.7 Å². The van der Waals surface area contributed by atoms with Crippen molar-refractivity contribution in [2.75, 3.05) is 7.11 Å². The maximum atomic E-state index is 12.0. The van der Waals surface area contributed by atoms with Crippen molar-refractivity contribution in [3.05, 3.63) is 12.2 Å². The van der Waals surface area contributed by atoms with E-state index in [1.807, 2.05) is 12.2 Å². The fourth-order valence-corrected chi connectivity index (χ4v) is 5.13. The lowest BCUT2D eigenvalue weighted by Crippen LogP contribution is -2.62. The molecule has 0 aliphatic heterocycles. The first-order valence-corrected chi connectivity index (χ1v) is 9.11. The van der Waals surface area contributed by atoms with Crippen LogP contribution in [-0.2, 0) is 14.3 Å². The Hall–Kier alpha value is -1.36. The van der Waals surface area contributed by atoms with Crippen molar-refractivity contribution in [1.29, 1.82) is 0 Å². The molecule has 0 saturated heterocycles. The van der Waals surface area contributed by atoms with Gasteiger partial charge in [-0.3, -0.25) is 9.59 Å². The van der Waals surface area contributed by atoms with Gasteiger partial charge in [-0.15, -0.1) is 0 Å². The van der Waals surface area contributed by atoms with Crippen molar-refractivity contribution < 1.29 is 24.5 Å². The smallest absolute Gasteiger partial charge is 0.308 e. The van der Waals surface area contributed by atoms with Crippen molar-refractivity contribution in [2.45, 2.75) is 58.5 Å². The second kappa shape index (κ2) is 7.68. The molecule has 3 aliphatic carbocycles. The van der Waals surface area contributed by atoms with E-state index in [9.17, 15) is 19.8 Å². The Bertz CT molecular complexity index is 490. The SMILES string of the molecule is CCCCC1(CCCC)C2C=CC(C(C(=O)O)C2C(=O)O)C1OC. The molecule has 0 amide bonds. The number of carbonyl (C=O) groups is 2. The topological polar surface area (TPSA) is 83.8 Å².